The molecule has 1 aromatic rings. The predicted octanol–water partition coefficient (Wildman–Crippen LogP) is 3.33. The Kier molecular flexibility index (Phi) is 9.00. The number of hydrogen-bond acceptors (Lipinski definition) is 4. The zero-order valence-electron chi connectivity index (χ0n) is 18.9. The average Bonchev–Trinajstić information content (AvgIpc) is 3.26. The Labute approximate surface area is 186 Å². The second-order valence-electron chi connectivity index (χ2n) is 8.83. The maximum Gasteiger partial charge on any atom is 0.224 e. The lowest BCUT2D eigenvalue weighted by molar-refractivity contribution is -0.132. The average molecular weight is 434 g/mol. The van der Waals surface area contributed by atoms with Crippen molar-refractivity contribution in [2.24, 2.45) is 16.8 Å². The number of piperidine rings is 2. The van der Waals surface area contributed by atoms with Crippen LogP contribution in [0.4, 0.5) is 0 Å². The number of nitrogens with one attached hydrogen (secondary N) is 2. The lowest BCUT2D eigenvalue weighted by atomic mass is 9.88. The SMILES string of the molecule is CCNC(=NCC1CCCN(C)C1c1cccs1)NCCC(=O)N1CCCC(C)C1. The number of likely N-dealkylation sites (tertiary alicyclic amines) is 2. The van der Waals surface area contributed by atoms with Crippen LogP contribution in [0.15, 0.2) is 22.5 Å². The van der Waals surface area contributed by atoms with E-state index in [-0.39, 0.29) is 5.91 Å². The standard InChI is InChI=1S/C23H39N5OS/c1-4-24-23(25-12-11-21(29)28-14-5-8-18(2)17-28)26-16-19-9-6-13-27(3)22(19)20-10-7-15-30-20/h7,10,15,18-19,22H,4-6,8-9,11-14,16-17H2,1-3H3,(H2,24,25,26). The molecular formula is C23H39N5OS. The number of carbonyl (C=O) groups is 1. The van der Waals surface area contributed by atoms with Gasteiger partial charge in [-0.25, -0.2) is 0 Å². The highest BCUT2D eigenvalue weighted by molar-refractivity contribution is 7.10. The van der Waals surface area contributed by atoms with Crippen molar-refractivity contribution in [2.45, 2.75) is 52.0 Å². The Bertz CT molecular complexity index is 677. The Morgan fingerprint density at radius 2 is 2.10 bits per heavy atom. The van der Waals surface area contributed by atoms with E-state index in [0.717, 1.165) is 45.1 Å². The van der Waals surface area contributed by atoms with Crippen molar-refractivity contribution in [3.05, 3.63) is 22.4 Å². The van der Waals surface area contributed by atoms with Gasteiger partial charge in [0, 0.05) is 50.1 Å². The van der Waals surface area contributed by atoms with Crippen LogP contribution < -0.4 is 10.6 Å². The van der Waals surface area contributed by atoms with Gasteiger partial charge in [-0.3, -0.25) is 14.7 Å². The molecule has 0 aliphatic carbocycles. The molecule has 3 heterocycles. The number of nitrogens with zero attached hydrogens (tertiary/aromatic N) is 3. The van der Waals surface area contributed by atoms with Gasteiger partial charge in [0.1, 0.15) is 0 Å². The number of carbonyl (C=O) groups excluding carboxylic acids is 1. The Balaban J connectivity index is 1.52. The minimum atomic E-state index is 0.261. The predicted molar refractivity (Wildman–Crippen MR) is 126 cm³/mol. The Morgan fingerprint density at radius 3 is 2.83 bits per heavy atom. The van der Waals surface area contributed by atoms with Gasteiger partial charge in [0.15, 0.2) is 5.96 Å². The summed E-state index contributed by atoms with van der Waals surface area (Å²) in [5, 5.41) is 8.90. The molecule has 168 valence electrons. The molecule has 2 fully saturated rings. The normalized spacial score (nSPS) is 25.9. The third-order valence-electron chi connectivity index (χ3n) is 6.31. The summed E-state index contributed by atoms with van der Waals surface area (Å²) >= 11 is 1.85. The largest absolute Gasteiger partial charge is 0.357 e. The van der Waals surface area contributed by atoms with Crippen LogP contribution in [0.1, 0.15) is 56.9 Å². The monoisotopic (exact) mass is 433 g/mol. The third-order valence-corrected chi connectivity index (χ3v) is 7.25. The summed E-state index contributed by atoms with van der Waals surface area (Å²) in [5.74, 6) is 2.24. The highest BCUT2D eigenvalue weighted by Gasteiger charge is 2.31. The topological polar surface area (TPSA) is 60.0 Å². The first-order valence-corrected chi connectivity index (χ1v) is 12.5. The summed E-state index contributed by atoms with van der Waals surface area (Å²) in [7, 11) is 2.23. The molecule has 2 aliphatic heterocycles. The van der Waals surface area contributed by atoms with Crippen LogP contribution in [-0.4, -0.2) is 68.0 Å². The molecule has 3 unspecified atom stereocenters. The molecule has 1 amide bonds. The molecule has 6 nitrogen and oxygen atoms in total. The highest BCUT2D eigenvalue weighted by atomic mass is 32.1. The van der Waals surface area contributed by atoms with E-state index in [2.05, 4.69) is 53.9 Å². The van der Waals surface area contributed by atoms with Crippen LogP contribution in [0.5, 0.6) is 0 Å². The summed E-state index contributed by atoms with van der Waals surface area (Å²) < 4.78 is 0. The summed E-state index contributed by atoms with van der Waals surface area (Å²) in [6, 6.07) is 4.85. The van der Waals surface area contributed by atoms with Crippen LogP contribution in [-0.2, 0) is 4.79 Å². The second-order valence-corrected chi connectivity index (χ2v) is 9.81. The quantitative estimate of drug-likeness (QED) is 0.511. The van der Waals surface area contributed by atoms with E-state index in [1.807, 2.05) is 16.2 Å². The van der Waals surface area contributed by atoms with E-state index in [1.54, 1.807) is 0 Å². The molecule has 0 spiro atoms. The van der Waals surface area contributed by atoms with Gasteiger partial charge in [-0.1, -0.05) is 13.0 Å². The van der Waals surface area contributed by atoms with Crippen molar-refractivity contribution in [2.75, 3.05) is 46.3 Å². The Morgan fingerprint density at radius 1 is 1.27 bits per heavy atom. The zero-order valence-corrected chi connectivity index (χ0v) is 19.7. The first-order chi connectivity index (χ1) is 14.6. The number of hydrogen-bond donors (Lipinski definition) is 2. The molecule has 7 heteroatoms. The molecule has 0 aromatic carbocycles. The molecule has 3 atom stereocenters. The fourth-order valence-electron chi connectivity index (χ4n) is 4.77. The first kappa shape index (κ1) is 23.1. The lowest BCUT2D eigenvalue weighted by Gasteiger charge is -2.38. The number of aliphatic imine (C=N–C) groups is 1. The smallest absolute Gasteiger partial charge is 0.224 e. The van der Waals surface area contributed by atoms with E-state index >= 15 is 0 Å². The number of amides is 1. The van der Waals surface area contributed by atoms with Crippen LogP contribution in [0.25, 0.3) is 0 Å². The van der Waals surface area contributed by atoms with Crippen LogP contribution in [0.3, 0.4) is 0 Å². The maximum absolute atomic E-state index is 12.5. The lowest BCUT2D eigenvalue weighted by Crippen LogP contribution is -2.43. The van der Waals surface area contributed by atoms with E-state index in [4.69, 9.17) is 4.99 Å². The van der Waals surface area contributed by atoms with Gasteiger partial charge >= 0.3 is 0 Å². The van der Waals surface area contributed by atoms with Crippen molar-refractivity contribution < 1.29 is 4.79 Å². The highest BCUT2D eigenvalue weighted by Crippen LogP contribution is 2.37. The molecular weight excluding hydrogens is 394 g/mol. The zero-order chi connectivity index (χ0) is 21.3. The molecule has 2 aliphatic rings. The van der Waals surface area contributed by atoms with Crippen molar-refractivity contribution >= 4 is 23.2 Å². The first-order valence-electron chi connectivity index (χ1n) is 11.6. The molecule has 0 bridgehead atoms. The second kappa shape index (κ2) is 11.7. The summed E-state index contributed by atoms with van der Waals surface area (Å²) in [6.07, 6.45) is 5.33. The van der Waals surface area contributed by atoms with Crippen LogP contribution in [0, 0.1) is 11.8 Å². The fraction of sp³-hybridized carbons (Fsp3) is 0.739. The molecule has 1 aromatic heterocycles. The van der Waals surface area contributed by atoms with Crippen molar-refractivity contribution in [3.8, 4) is 0 Å². The van der Waals surface area contributed by atoms with Gasteiger partial charge in [0.05, 0.1) is 0 Å². The minimum absolute atomic E-state index is 0.261. The molecule has 2 saturated heterocycles. The van der Waals surface area contributed by atoms with Crippen molar-refractivity contribution in [1.82, 2.24) is 20.4 Å². The Hall–Kier alpha value is -1.60. The fourth-order valence-corrected chi connectivity index (χ4v) is 5.76. The summed E-state index contributed by atoms with van der Waals surface area (Å²) in [5.41, 5.74) is 0. The van der Waals surface area contributed by atoms with Gasteiger partial charge < -0.3 is 15.5 Å². The molecule has 3 rings (SSSR count). The summed E-state index contributed by atoms with van der Waals surface area (Å²) in [4.78, 5) is 23.4. The molecule has 0 radical (unpaired) electrons. The van der Waals surface area contributed by atoms with Gasteiger partial charge in [-0.2, -0.15) is 0 Å². The van der Waals surface area contributed by atoms with Crippen LogP contribution >= 0.6 is 11.3 Å². The van der Waals surface area contributed by atoms with E-state index in [9.17, 15) is 4.79 Å². The third kappa shape index (κ3) is 6.45. The molecule has 2 N–H and O–H groups in total. The van der Waals surface area contributed by atoms with E-state index < -0.39 is 0 Å². The van der Waals surface area contributed by atoms with Gasteiger partial charge in [0.2, 0.25) is 5.91 Å². The van der Waals surface area contributed by atoms with Crippen LogP contribution in [0.2, 0.25) is 0 Å². The van der Waals surface area contributed by atoms with Gasteiger partial charge in [0.25, 0.3) is 0 Å². The number of rotatable bonds is 7. The maximum atomic E-state index is 12.5. The van der Waals surface area contributed by atoms with E-state index in [1.165, 1.54) is 24.1 Å². The van der Waals surface area contributed by atoms with Crippen molar-refractivity contribution in [3.63, 3.8) is 0 Å². The van der Waals surface area contributed by atoms with Gasteiger partial charge in [-0.15, -0.1) is 11.3 Å². The summed E-state index contributed by atoms with van der Waals surface area (Å²) in [6.45, 7) is 9.55. The molecule has 30 heavy (non-hydrogen) atoms. The van der Waals surface area contributed by atoms with E-state index in [0.29, 0.717) is 30.8 Å². The van der Waals surface area contributed by atoms with Gasteiger partial charge in [-0.05, 0) is 69.5 Å². The van der Waals surface area contributed by atoms with Crippen molar-refractivity contribution in [1.29, 1.82) is 0 Å². The number of thiophene rings is 1. The minimum Gasteiger partial charge on any atom is -0.357 e. The molecule has 0 saturated carbocycles. The number of guanidine groups is 1.